The minimum atomic E-state index is -0.762. The highest BCUT2D eigenvalue weighted by atomic mass is 127. The number of halogens is 2. The summed E-state index contributed by atoms with van der Waals surface area (Å²) >= 11 is 6.26. The number of benzene rings is 2. The Bertz CT molecular complexity index is 804. The van der Waals surface area contributed by atoms with Gasteiger partial charge in [0.05, 0.1) is 26.9 Å². The Labute approximate surface area is 194 Å². The number of guanidine groups is 1. The fourth-order valence-electron chi connectivity index (χ4n) is 2.77. The van der Waals surface area contributed by atoms with E-state index < -0.39 is 6.10 Å². The second-order valence-corrected chi connectivity index (χ2v) is 6.68. The molecule has 0 amide bonds. The molecular formula is C21H29ClIN3O3. The van der Waals surface area contributed by atoms with Crippen LogP contribution in [0.5, 0.6) is 11.5 Å². The van der Waals surface area contributed by atoms with Gasteiger partial charge < -0.3 is 24.8 Å². The van der Waals surface area contributed by atoms with Crippen LogP contribution in [-0.4, -0.2) is 50.3 Å². The molecule has 2 rings (SSSR count). The van der Waals surface area contributed by atoms with Gasteiger partial charge in [-0.05, 0) is 36.2 Å². The molecule has 1 atom stereocenters. The van der Waals surface area contributed by atoms with Crippen molar-refractivity contribution < 1.29 is 14.6 Å². The molecule has 2 N–H and O–H groups in total. The fraction of sp³-hybridized carbons (Fsp3) is 0.381. The average molecular weight is 534 g/mol. The second kappa shape index (κ2) is 12.8. The molecule has 0 heterocycles. The summed E-state index contributed by atoms with van der Waals surface area (Å²) in [5, 5.41) is 14.5. The highest BCUT2D eigenvalue weighted by molar-refractivity contribution is 14.0. The van der Waals surface area contributed by atoms with Crippen LogP contribution in [0.4, 0.5) is 0 Å². The summed E-state index contributed by atoms with van der Waals surface area (Å²) < 4.78 is 10.5. The molecule has 0 bridgehead atoms. The van der Waals surface area contributed by atoms with Gasteiger partial charge in [0, 0.05) is 25.2 Å². The van der Waals surface area contributed by atoms with E-state index in [0.29, 0.717) is 29.6 Å². The maximum absolute atomic E-state index is 10.6. The van der Waals surface area contributed by atoms with E-state index in [-0.39, 0.29) is 30.5 Å². The lowest BCUT2D eigenvalue weighted by Crippen LogP contribution is -2.38. The SMILES string of the molecule is CCNC(=NCC(O)c1ccc(OC)c(OC)c1)N(C)Cc1ccccc1Cl.I. The van der Waals surface area contributed by atoms with E-state index in [9.17, 15) is 5.11 Å². The zero-order valence-electron chi connectivity index (χ0n) is 17.2. The number of hydrogen-bond acceptors (Lipinski definition) is 4. The van der Waals surface area contributed by atoms with Gasteiger partial charge in [-0.2, -0.15) is 0 Å². The van der Waals surface area contributed by atoms with Gasteiger partial charge in [-0.1, -0.05) is 35.9 Å². The molecule has 2 aromatic carbocycles. The summed E-state index contributed by atoms with van der Waals surface area (Å²) in [7, 11) is 5.09. The third-order valence-electron chi connectivity index (χ3n) is 4.27. The summed E-state index contributed by atoms with van der Waals surface area (Å²) in [6, 6.07) is 13.1. The van der Waals surface area contributed by atoms with E-state index in [4.69, 9.17) is 21.1 Å². The van der Waals surface area contributed by atoms with E-state index in [1.807, 2.05) is 49.2 Å². The maximum Gasteiger partial charge on any atom is 0.194 e. The third-order valence-corrected chi connectivity index (χ3v) is 4.64. The highest BCUT2D eigenvalue weighted by Crippen LogP contribution is 2.30. The Morgan fingerprint density at radius 3 is 2.48 bits per heavy atom. The van der Waals surface area contributed by atoms with Crippen LogP contribution in [-0.2, 0) is 6.54 Å². The molecule has 0 aliphatic carbocycles. The van der Waals surface area contributed by atoms with Crippen molar-refractivity contribution in [2.45, 2.75) is 19.6 Å². The van der Waals surface area contributed by atoms with Crippen LogP contribution in [0.25, 0.3) is 0 Å². The Morgan fingerprint density at radius 1 is 1.17 bits per heavy atom. The molecule has 0 spiro atoms. The molecule has 1 unspecified atom stereocenters. The molecule has 6 nitrogen and oxygen atoms in total. The van der Waals surface area contributed by atoms with Crippen molar-refractivity contribution in [3.8, 4) is 11.5 Å². The predicted molar refractivity (Wildman–Crippen MR) is 129 cm³/mol. The normalized spacial score (nSPS) is 12.0. The number of hydrogen-bond donors (Lipinski definition) is 2. The Kier molecular flexibility index (Phi) is 11.2. The molecule has 0 radical (unpaired) electrons. The van der Waals surface area contributed by atoms with Crippen LogP contribution in [0, 0.1) is 0 Å². The number of aliphatic hydroxyl groups is 1. The molecule has 2 aromatic rings. The number of nitrogens with zero attached hydrogens (tertiary/aromatic N) is 2. The lowest BCUT2D eigenvalue weighted by atomic mass is 10.1. The van der Waals surface area contributed by atoms with Crippen LogP contribution < -0.4 is 14.8 Å². The molecule has 0 aromatic heterocycles. The van der Waals surface area contributed by atoms with Crippen LogP contribution in [0.15, 0.2) is 47.5 Å². The van der Waals surface area contributed by atoms with Gasteiger partial charge in [0.15, 0.2) is 17.5 Å². The van der Waals surface area contributed by atoms with Crippen LogP contribution in [0.2, 0.25) is 5.02 Å². The summed E-state index contributed by atoms with van der Waals surface area (Å²) in [6.07, 6.45) is -0.762. The first kappa shape index (κ1) is 25.3. The minimum absolute atomic E-state index is 0. The first-order valence-corrected chi connectivity index (χ1v) is 9.50. The Morgan fingerprint density at radius 2 is 1.86 bits per heavy atom. The summed E-state index contributed by atoms with van der Waals surface area (Å²) in [5.74, 6) is 1.89. The van der Waals surface area contributed by atoms with Gasteiger partial charge in [-0.15, -0.1) is 24.0 Å². The molecule has 8 heteroatoms. The molecule has 0 saturated heterocycles. The summed E-state index contributed by atoms with van der Waals surface area (Å²) in [6.45, 7) is 3.55. The smallest absolute Gasteiger partial charge is 0.194 e. The number of ether oxygens (including phenoxy) is 2. The van der Waals surface area contributed by atoms with E-state index in [0.717, 1.165) is 17.1 Å². The summed E-state index contributed by atoms with van der Waals surface area (Å²) in [4.78, 5) is 6.56. The standard InChI is InChI=1S/C21H28ClN3O3.HI/c1-5-23-21(25(2)14-16-8-6-7-9-17(16)22)24-13-18(26)15-10-11-19(27-3)20(12-15)28-4;/h6-12,18,26H,5,13-14H2,1-4H3,(H,23,24);1H. The monoisotopic (exact) mass is 533 g/mol. The van der Waals surface area contributed by atoms with Gasteiger partial charge in [0.25, 0.3) is 0 Å². The Balaban J connectivity index is 0.00000420. The van der Waals surface area contributed by atoms with Gasteiger partial charge in [-0.3, -0.25) is 4.99 Å². The van der Waals surface area contributed by atoms with Crippen molar-refractivity contribution in [1.82, 2.24) is 10.2 Å². The van der Waals surface area contributed by atoms with Crippen molar-refractivity contribution in [2.75, 3.05) is 34.4 Å². The quantitative estimate of drug-likeness (QED) is 0.304. The Hall–Kier alpha value is -1.71. The van der Waals surface area contributed by atoms with Gasteiger partial charge in [0.2, 0.25) is 0 Å². The van der Waals surface area contributed by atoms with Gasteiger partial charge in [-0.25, -0.2) is 0 Å². The first-order chi connectivity index (χ1) is 13.5. The summed E-state index contributed by atoms with van der Waals surface area (Å²) in [5.41, 5.74) is 1.73. The number of nitrogens with one attached hydrogen (secondary N) is 1. The zero-order chi connectivity index (χ0) is 20.5. The van der Waals surface area contributed by atoms with Crippen LogP contribution >= 0.6 is 35.6 Å². The van der Waals surface area contributed by atoms with E-state index in [1.54, 1.807) is 26.4 Å². The lowest BCUT2D eigenvalue weighted by molar-refractivity contribution is 0.186. The van der Waals surface area contributed by atoms with Crippen molar-refractivity contribution in [2.24, 2.45) is 4.99 Å². The minimum Gasteiger partial charge on any atom is -0.493 e. The van der Waals surface area contributed by atoms with Crippen molar-refractivity contribution in [3.63, 3.8) is 0 Å². The molecular weight excluding hydrogens is 505 g/mol. The third kappa shape index (κ3) is 7.24. The molecule has 0 aliphatic rings. The number of aliphatic hydroxyl groups excluding tert-OH is 1. The number of aliphatic imine (C=N–C) groups is 1. The van der Waals surface area contributed by atoms with E-state index in [1.165, 1.54) is 0 Å². The van der Waals surface area contributed by atoms with Gasteiger partial charge in [0.1, 0.15) is 0 Å². The number of rotatable bonds is 8. The van der Waals surface area contributed by atoms with Crippen molar-refractivity contribution in [3.05, 3.63) is 58.6 Å². The average Bonchev–Trinajstić information content (AvgIpc) is 2.71. The molecule has 29 heavy (non-hydrogen) atoms. The molecule has 160 valence electrons. The topological polar surface area (TPSA) is 66.3 Å². The first-order valence-electron chi connectivity index (χ1n) is 9.13. The maximum atomic E-state index is 10.6. The molecule has 0 aliphatic heterocycles. The molecule has 0 saturated carbocycles. The fourth-order valence-corrected chi connectivity index (χ4v) is 2.96. The van der Waals surface area contributed by atoms with Crippen molar-refractivity contribution >= 4 is 41.5 Å². The van der Waals surface area contributed by atoms with E-state index >= 15 is 0 Å². The predicted octanol–water partition coefficient (Wildman–Crippen LogP) is 4.11. The lowest BCUT2D eigenvalue weighted by Gasteiger charge is -2.23. The van der Waals surface area contributed by atoms with Crippen molar-refractivity contribution in [1.29, 1.82) is 0 Å². The van der Waals surface area contributed by atoms with Gasteiger partial charge >= 0.3 is 0 Å². The largest absolute Gasteiger partial charge is 0.493 e. The zero-order valence-corrected chi connectivity index (χ0v) is 20.3. The van der Waals surface area contributed by atoms with Crippen LogP contribution in [0.1, 0.15) is 24.2 Å². The number of methoxy groups -OCH3 is 2. The second-order valence-electron chi connectivity index (χ2n) is 6.27. The van der Waals surface area contributed by atoms with E-state index in [2.05, 4.69) is 10.3 Å². The van der Waals surface area contributed by atoms with Crippen LogP contribution in [0.3, 0.4) is 0 Å². The highest BCUT2D eigenvalue weighted by Gasteiger charge is 2.13. The molecule has 0 fully saturated rings.